The van der Waals surface area contributed by atoms with E-state index in [-0.39, 0.29) is 23.8 Å². The molecule has 0 bridgehead atoms. The highest BCUT2D eigenvalue weighted by molar-refractivity contribution is 6.05. The Morgan fingerprint density at radius 1 is 1.25 bits per heavy atom. The number of H-pyrrole nitrogens is 1. The smallest absolute Gasteiger partial charge is 0.255 e. The standard InChI is InChI=1S/C17H19N5O3.C3H6/c23-13(22-6-17(7-22)8-25-9-17)5-20-16(24)11-3-18-15-14(11)21-12(4-19-15)10-1-2-10;1-2-3-1/h3-4,10H,1-2,5-9H2,(H,18,19)(H,20,24);1-3H2. The van der Waals surface area contributed by atoms with E-state index in [0.29, 0.717) is 22.6 Å². The molecule has 2 saturated heterocycles. The molecule has 0 unspecified atom stereocenters. The summed E-state index contributed by atoms with van der Waals surface area (Å²) >= 11 is 0. The van der Waals surface area contributed by atoms with Crippen molar-refractivity contribution < 1.29 is 14.3 Å². The number of carbonyl (C=O) groups is 2. The van der Waals surface area contributed by atoms with Gasteiger partial charge >= 0.3 is 0 Å². The van der Waals surface area contributed by atoms with Gasteiger partial charge in [-0.2, -0.15) is 0 Å². The van der Waals surface area contributed by atoms with E-state index in [1.807, 2.05) is 0 Å². The predicted molar refractivity (Wildman–Crippen MR) is 102 cm³/mol. The van der Waals surface area contributed by atoms with Gasteiger partial charge in [0.05, 0.1) is 42.6 Å². The monoisotopic (exact) mass is 383 g/mol. The van der Waals surface area contributed by atoms with Crippen LogP contribution in [0.2, 0.25) is 0 Å². The van der Waals surface area contributed by atoms with Crippen LogP contribution in [-0.4, -0.2) is 64.5 Å². The number of rotatable bonds is 4. The third-order valence-electron chi connectivity index (χ3n) is 5.62. The maximum atomic E-state index is 12.5. The molecule has 8 nitrogen and oxygen atoms in total. The minimum Gasteiger partial charge on any atom is -0.380 e. The molecule has 0 aromatic carbocycles. The average molecular weight is 383 g/mol. The molecule has 2 aromatic heterocycles. The molecule has 0 radical (unpaired) electrons. The number of hydrogen-bond acceptors (Lipinski definition) is 5. The molecular formula is C20H25N5O3. The summed E-state index contributed by atoms with van der Waals surface area (Å²) in [6.45, 7) is 2.93. The fraction of sp³-hybridized carbons (Fsp3) is 0.600. The first-order valence-electron chi connectivity index (χ1n) is 10.1. The first kappa shape index (κ1) is 17.6. The first-order chi connectivity index (χ1) is 13.6. The second-order valence-electron chi connectivity index (χ2n) is 8.45. The average Bonchev–Trinajstić information content (AvgIpc) is 3.52. The van der Waals surface area contributed by atoms with Crippen molar-refractivity contribution in [3.8, 4) is 0 Å². The van der Waals surface area contributed by atoms with E-state index in [1.54, 1.807) is 17.3 Å². The number of hydrogen-bond donors (Lipinski definition) is 2. The minimum atomic E-state index is -0.302. The van der Waals surface area contributed by atoms with Gasteiger partial charge in [0.2, 0.25) is 5.91 Å². The Kier molecular flexibility index (Phi) is 4.30. The predicted octanol–water partition coefficient (Wildman–Crippen LogP) is 1.59. The van der Waals surface area contributed by atoms with E-state index in [2.05, 4.69) is 20.3 Å². The van der Waals surface area contributed by atoms with Crippen molar-refractivity contribution in [2.75, 3.05) is 32.8 Å². The van der Waals surface area contributed by atoms with Gasteiger partial charge in [0, 0.05) is 25.2 Å². The Hall–Kier alpha value is -2.48. The molecule has 2 N–H and O–H groups in total. The molecule has 4 aliphatic rings. The van der Waals surface area contributed by atoms with Crippen molar-refractivity contribution in [3.05, 3.63) is 23.7 Å². The van der Waals surface area contributed by atoms with Gasteiger partial charge in [-0.3, -0.25) is 9.59 Å². The number of ether oxygens (including phenoxy) is 1. The molecule has 0 atom stereocenters. The van der Waals surface area contributed by atoms with E-state index in [1.165, 1.54) is 19.3 Å². The summed E-state index contributed by atoms with van der Waals surface area (Å²) in [5, 5.41) is 2.70. The van der Waals surface area contributed by atoms with Gasteiger partial charge in [-0.15, -0.1) is 0 Å². The van der Waals surface area contributed by atoms with Gasteiger partial charge in [-0.1, -0.05) is 19.3 Å². The highest BCUT2D eigenvalue weighted by Gasteiger charge is 2.50. The van der Waals surface area contributed by atoms with Crippen LogP contribution >= 0.6 is 0 Å². The summed E-state index contributed by atoms with van der Waals surface area (Å²) in [4.78, 5) is 38.3. The number of carbonyl (C=O) groups excluding carboxylic acids is 2. The van der Waals surface area contributed by atoms with Crippen molar-refractivity contribution >= 4 is 23.0 Å². The van der Waals surface area contributed by atoms with Crippen LogP contribution in [0.15, 0.2) is 12.4 Å². The maximum Gasteiger partial charge on any atom is 0.255 e. The summed E-state index contributed by atoms with van der Waals surface area (Å²) in [7, 11) is 0. The molecule has 148 valence electrons. The van der Waals surface area contributed by atoms with Gasteiger partial charge < -0.3 is 19.9 Å². The van der Waals surface area contributed by atoms with Crippen molar-refractivity contribution in [2.24, 2.45) is 5.41 Å². The quantitative estimate of drug-likeness (QED) is 0.835. The molecule has 1 spiro atoms. The van der Waals surface area contributed by atoms with Gasteiger partial charge in [0.25, 0.3) is 5.91 Å². The van der Waals surface area contributed by atoms with Crippen LogP contribution < -0.4 is 5.32 Å². The number of aromatic amines is 1. The fourth-order valence-electron chi connectivity index (χ4n) is 3.53. The number of nitrogens with zero attached hydrogens (tertiary/aromatic N) is 3. The number of aromatic nitrogens is 3. The zero-order chi connectivity index (χ0) is 19.1. The SMILES string of the molecule is C1CC1.O=C(NCC(=O)N1CC2(COC2)C1)c1c[nH]c2ncc(C3CC3)nc12. The van der Waals surface area contributed by atoms with Crippen LogP contribution in [0.1, 0.15) is 54.1 Å². The number of likely N-dealkylation sites (tertiary alicyclic amines) is 1. The third kappa shape index (κ3) is 3.48. The summed E-state index contributed by atoms with van der Waals surface area (Å²) < 4.78 is 5.20. The lowest BCUT2D eigenvalue weighted by molar-refractivity contribution is -0.194. The third-order valence-corrected chi connectivity index (χ3v) is 5.62. The summed E-state index contributed by atoms with van der Waals surface area (Å²) in [6, 6.07) is 0. The Bertz CT molecular complexity index is 903. The first-order valence-corrected chi connectivity index (χ1v) is 10.1. The molecule has 2 saturated carbocycles. The summed E-state index contributed by atoms with van der Waals surface area (Å²) in [6.07, 6.45) is 10.1. The molecule has 2 aliphatic carbocycles. The second kappa shape index (κ2) is 6.84. The molecular weight excluding hydrogens is 358 g/mol. The molecule has 2 aromatic rings. The molecule has 2 amide bonds. The van der Waals surface area contributed by atoms with E-state index in [4.69, 9.17) is 4.74 Å². The van der Waals surface area contributed by atoms with Crippen molar-refractivity contribution in [1.29, 1.82) is 0 Å². The molecule has 28 heavy (non-hydrogen) atoms. The number of amides is 2. The zero-order valence-electron chi connectivity index (χ0n) is 15.9. The van der Waals surface area contributed by atoms with Crippen LogP contribution in [0.5, 0.6) is 0 Å². The van der Waals surface area contributed by atoms with E-state index in [0.717, 1.165) is 44.8 Å². The van der Waals surface area contributed by atoms with E-state index >= 15 is 0 Å². The molecule has 8 heteroatoms. The van der Waals surface area contributed by atoms with Crippen molar-refractivity contribution in [1.82, 2.24) is 25.2 Å². The maximum absolute atomic E-state index is 12.5. The minimum absolute atomic E-state index is 0.00180. The molecule has 2 aliphatic heterocycles. The van der Waals surface area contributed by atoms with Crippen molar-refractivity contribution in [3.63, 3.8) is 0 Å². The normalized spacial score (nSPS) is 21.4. The van der Waals surface area contributed by atoms with Crippen LogP contribution in [0, 0.1) is 5.41 Å². The van der Waals surface area contributed by atoms with Crippen LogP contribution in [-0.2, 0) is 9.53 Å². The van der Waals surface area contributed by atoms with Gasteiger partial charge in [-0.05, 0) is 12.8 Å². The van der Waals surface area contributed by atoms with Gasteiger partial charge in [0.15, 0.2) is 5.65 Å². The van der Waals surface area contributed by atoms with Gasteiger partial charge in [0.1, 0.15) is 5.52 Å². The van der Waals surface area contributed by atoms with E-state index < -0.39 is 0 Å². The summed E-state index contributed by atoms with van der Waals surface area (Å²) in [5.41, 5.74) is 2.72. The number of fused-ring (bicyclic) bond motifs is 1. The highest BCUT2D eigenvalue weighted by Crippen LogP contribution is 2.39. The lowest BCUT2D eigenvalue weighted by atomic mass is 9.78. The Morgan fingerprint density at radius 3 is 2.61 bits per heavy atom. The van der Waals surface area contributed by atoms with Crippen LogP contribution in [0.3, 0.4) is 0 Å². The number of nitrogens with one attached hydrogen (secondary N) is 2. The van der Waals surface area contributed by atoms with Crippen LogP contribution in [0.25, 0.3) is 11.2 Å². The van der Waals surface area contributed by atoms with E-state index in [9.17, 15) is 9.59 Å². The topological polar surface area (TPSA) is 100 Å². The van der Waals surface area contributed by atoms with Crippen LogP contribution in [0.4, 0.5) is 0 Å². The zero-order valence-corrected chi connectivity index (χ0v) is 15.9. The summed E-state index contributed by atoms with van der Waals surface area (Å²) in [5.74, 6) is 0.109. The molecule has 4 heterocycles. The second-order valence-corrected chi connectivity index (χ2v) is 8.45. The lowest BCUT2D eigenvalue weighted by Crippen LogP contribution is -2.68. The fourth-order valence-corrected chi connectivity index (χ4v) is 3.53. The molecule has 4 fully saturated rings. The Labute approximate surface area is 163 Å². The Morgan fingerprint density at radius 2 is 2.00 bits per heavy atom. The van der Waals surface area contributed by atoms with Crippen molar-refractivity contribution in [2.45, 2.75) is 38.0 Å². The Balaban J connectivity index is 0.000000522. The van der Waals surface area contributed by atoms with Gasteiger partial charge in [-0.25, -0.2) is 9.97 Å². The molecule has 6 rings (SSSR count). The highest BCUT2D eigenvalue weighted by atomic mass is 16.5. The lowest BCUT2D eigenvalue weighted by Gasteiger charge is -2.54. The largest absolute Gasteiger partial charge is 0.380 e.